The molecule has 6 nitrogen and oxygen atoms in total. The SMILES string of the molecule is O=C([O-])[C@@H](Cc1c[nH]c2ccccc12)N1C(=O)[C@@H]2[C@H](C1=O)[C@H]1C=C[C@@H]2C1. The van der Waals surface area contributed by atoms with Crippen LogP contribution in [0.25, 0.3) is 10.9 Å². The number of H-pyrrole nitrogens is 1. The third-order valence-corrected chi connectivity index (χ3v) is 6.18. The predicted molar refractivity (Wildman–Crippen MR) is 90.4 cm³/mol. The standard InChI is InChI=1S/C20H18N2O4/c23-18-16-10-5-6-11(7-10)17(16)19(24)22(18)15(20(25)26)8-12-9-21-14-4-2-1-3-13(12)14/h1-6,9-11,15-17,21H,7-8H2,(H,25,26)/p-1/t10-,11+,15-,16+,17-/m1/s1. The van der Waals surface area contributed by atoms with Crippen molar-refractivity contribution in [3.05, 3.63) is 48.2 Å². The van der Waals surface area contributed by atoms with Gasteiger partial charge in [0, 0.05) is 23.5 Å². The minimum Gasteiger partial charge on any atom is -0.548 e. The number of benzene rings is 1. The van der Waals surface area contributed by atoms with E-state index in [1.807, 2.05) is 36.4 Å². The van der Waals surface area contributed by atoms with E-state index >= 15 is 0 Å². The lowest BCUT2D eigenvalue weighted by atomic mass is 9.85. The topological polar surface area (TPSA) is 93.3 Å². The van der Waals surface area contributed by atoms with E-state index < -0.39 is 23.8 Å². The Kier molecular flexibility index (Phi) is 3.13. The number of allylic oxidation sites excluding steroid dienone is 2. The van der Waals surface area contributed by atoms with Gasteiger partial charge in [-0.15, -0.1) is 0 Å². The Morgan fingerprint density at radius 3 is 2.46 bits per heavy atom. The van der Waals surface area contributed by atoms with Gasteiger partial charge in [0.1, 0.15) is 0 Å². The number of hydrogen-bond donors (Lipinski definition) is 1. The van der Waals surface area contributed by atoms with E-state index in [1.54, 1.807) is 6.20 Å². The molecule has 2 amide bonds. The lowest BCUT2D eigenvalue weighted by Crippen LogP contribution is -2.52. The molecule has 2 aromatic rings. The first kappa shape index (κ1) is 15.4. The Balaban J connectivity index is 1.49. The van der Waals surface area contributed by atoms with E-state index in [0.29, 0.717) is 0 Å². The van der Waals surface area contributed by atoms with E-state index in [-0.39, 0.29) is 30.1 Å². The lowest BCUT2D eigenvalue weighted by molar-refractivity contribution is -0.310. The summed E-state index contributed by atoms with van der Waals surface area (Å²) in [5.74, 6) is -2.79. The number of rotatable bonds is 4. The summed E-state index contributed by atoms with van der Waals surface area (Å²) in [5, 5.41) is 12.7. The fourth-order valence-corrected chi connectivity index (χ4v) is 5.02. The van der Waals surface area contributed by atoms with Gasteiger partial charge >= 0.3 is 0 Å². The van der Waals surface area contributed by atoms with Gasteiger partial charge in [-0.05, 0) is 29.9 Å². The highest BCUT2D eigenvalue weighted by Crippen LogP contribution is 2.52. The van der Waals surface area contributed by atoms with Crippen LogP contribution in [0, 0.1) is 23.7 Å². The number of carbonyl (C=O) groups excluding carboxylic acids is 3. The number of imide groups is 1. The lowest BCUT2D eigenvalue weighted by Gasteiger charge is -2.28. The van der Waals surface area contributed by atoms with E-state index in [4.69, 9.17) is 0 Å². The number of nitrogens with one attached hydrogen (secondary N) is 1. The molecular formula is C20H17N2O4-. The zero-order valence-corrected chi connectivity index (χ0v) is 13.9. The summed E-state index contributed by atoms with van der Waals surface area (Å²) < 4.78 is 0. The number of fused-ring (bicyclic) bond motifs is 6. The average molecular weight is 349 g/mol. The summed E-state index contributed by atoms with van der Waals surface area (Å²) in [6.45, 7) is 0. The fourth-order valence-electron chi connectivity index (χ4n) is 5.02. The highest BCUT2D eigenvalue weighted by Gasteiger charge is 2.60. The monoisotopic (exact) mass is 349 g/mol. The summed E-state index contributed by atoms with van der Waals surface area (Å²) in [6, 6.07) is 6.26. The number of likely N-dealkylation sites (tertiary alicyclic amines) is 1. The van der Waals surface area contributed by atoms with Gasteiger partial charge < -0.3 is 14.9 Å². The number of nitrogens with zero attached hydrogens (tertiary/aromatic N) is 1. The number of carboxylic acids is 1. The van der Waals surface area contributed by atoms with Crippen LogP contribution < -0.4 is 5.11 Å². The number of carboxylic acid groups (broad SMARTS) is 1. The van der Waals surface area contributed by atoms with E-state index in [9.17, 15) is 19.5 Å². The first-order valence-electron chi connectivity index (χ1n) is 8.87. The van der Waals surface area contributed by atoms with Crippen LogP contribution in [0.1, 0.15) is 12.0 Å². The number of hydrogen-bond acceptors (Lipinski definition) is 4. The number of carbonyl (C=O) groups is 3. The predicted octanol–water partition coefficient (Wildman–Crippen LogP) is 0.636. The maximum atomic E-state index is 12.9. The summed E-state index contributed by atoms with van der Waals surface area (Å²) in [5.41, 5.74) is 1.64. The van der Waals surface area contributed by atoms with Crippen molar-refractivity contribution in [1.29, 1.82) is 0 Å². The normalized spacial score (nSPS) is 30.4. The number of aromatic nitrogens is 1. The number of aliphatic carboxylic acids is 1. The Bertz CT molecular complexity index is 945. The molecule has 2 bridgehead atoms. The molecule has 0 unspecified atom stereocenters. The average Bonchev–Trinajstić information content (AvgIpc) is 3.37. The first-order chi connectivity index (χ1) is 12.6. The van der Waals surface area contributed by atoms with Crippen molar-refractivity contribution < 1.29 is 19.5 Å². The molecule has 3 aliphatic rings. The number of para-hydroxylation sites is 1. The Morgan fingerprint density at radius 1 is 1.15 bits per heavy atom. The molecule has 1 aromatic carbocycles. The summed E-state index contributed by atoms with van der Waals surface area (Å²) >= 11 is 0. The first-order valence-corrected chi connectivity index (χ1v) is 8.87. The van der Waals surface area contributed by atoms with Crippen LogP contribution in [0.15, 0.2) is 42.6 Å². The Labute approximate surface area is 149 Å². The molecule has 2 heterocycles. The number of amides is 2. The molecule has 5 atom stereocenters. The molecule has 0 spiro atoms. The van der Waals surface area contributed by atoms with E-state index in [0.717, 1.165) is 27.8 Å². The quantitative estimate of drug-likeness (QED) is 0.647. The van der Waals surface area contributed by atoms with Crippen molar-refractivity contribution in [2.24, 2.45) is 23.7 Å². The Morgan fingerprint density at radius 2 is 1.81 bits per heavy atom. The fraction of sp³-hybridized carbons (Fsp3) is 0.350. The summed E-state index contributed by atoms with van der Waals surface area (Å²) in [4.78, 5) is 41.7. The van der Waals surface area contributed by atoms with Crippen LogP contribution >= 0.6 is 0 Å². The molecule has 5 rings (SSSR count). The third-order valence-electron chi connectivity index (χ3n) is 6.18. The van der Waals surface area contributed by atoms with Crippen LogP contribution in [0.2, 0.25) is 0 Å². The minimum absolute atomic E-state index is 0.0476. The van der Waals surface area contributed by atoms with Crippen molar-refractivity contribution in [3.8, 4) is 0 Å². The van der Waals surface area contributed by atoms with Gasteiger partial charge in [-0.3, -0.25) is 14.5 Å². The number of aromatic amines is 1. The van der Waals surface area contributed by atoms with Gasteiger partial charge in [0.25, 0.3) is 0 Å². The van der Waals surface area contributed by atoms with Crippen LogP contribution in [0.3, 0.4) is 0 Å². The molecular weight excluding hydrogens is 332 g/mol. The molecule has 2 fully saturated rings. The van der Waals surface area contributed by atoms with Gasteiger partial charge in [0.05, 0.1) is 23.8 Å². The molecule has 1 aliphatic heterocycles. The maximum absolute atomic E-state index is 12.9. The molecule has 1 aromatic heterocycles. The van der Waals surface area contributed by atoms with Gasteiger partial charge in [0.2, 0.25) is 11.8 Å². The highest BCUT2D eigenvalue weighted by molar-refractivity contribution is 6.08. The maximum Gasteiger partial charge on any atom is 0.234 e. The molecule has 1 saturated heterocycles. The molecule has 1 N–H and O–H groups in total. The second-order valence-electron chi connectivity index (χ2n) is 7.44. The molecule has 0 radical (unpaired) electrons. The van der Waals surface area contributed by atoms with Crippen LogP contribution in [0.5, 0.6) is 0 Å². The van der Waals surface area contributed by atoms with Crippen LogP contribution in [-0.2, 0) is 20.8 Å². The van der Waals surface area contributed by atoms with Crippen molar-refractivity contribution in [1.82, 2.24) is 9.88 Å². The van der Waals surface area contributed by atoms with Crippen molar-refractivity contribution >= 4 is 28.7 Å². The molecule has 132 valence electrons. The van der Waals surface area contributed by atoms with Crippen molar-refractivity contribution in [3.63, 3.8) is 0 Å². The van der Waals surface area contributed by atoms with Gasteiger partial charge in [-0.1, -0.05) is 30.4 Å². The van der Waals surface area contributed by atoms with E-state index in [1.165, 1.54) is 0 Å². The van der Waals surface area contributed by atoms with Gasteiger partial charge in [-0.2, -0.15) is 0 Å². The minimum atomic E-state index is -1.39. The van der Waals surface area contributed by atoms with Gasteiger partial charge in [0.15, 0.2) is 0 Å². The summed E-state index contributed by atoms with van der Waals surface area (Å²) in [7, 11) is 0. The van der Waals surface area contributed by atoms with Crippen LogP contribution in [-0.4, -0.2) is 33.7 Å². The largest absolute Gasteiger partial charge is 0.548 e. The molecule has 2 aliphatic carbocycles. The zero-order valence-electron chi connectivity index (χ0n) is 13.9. The molecule has 6 heteroatoms. The smallest absolute Gasteiger partial charge is 0.234 e. The Hall–Kier alpha value is -2.89. The third kappa shape index (κ3) is 1.95. The second-order valence-corrected chi connectivity index (χ2v) is 7.44. The van der Waals surface area contributed by atoms with Gasteiger partial charge in [-0.25, -0.2) is 0 Å². The van der Waals surface area contributed by atoms with Crippen LogP contribution in [0.4, 0.5) is 0 Å². The highest BCUT2D eigenvalue weighted by atomic mass is 16.4. The second kappa shape index (κ2) is 5.30. The molecule has 26 heavy (non-hydrogen) atoms. The van der Waals surface area contributed by atoms with Crippen molar-refractivity contribution in [2.75, 3.05) is 0 Å². The zero-order chi connectivity index (χ0) is 18.0. The summed E-state index contributed by atoms with van der Waals surface area (Å²) in [6.07, 6.45) is 6.59. The molecule has 1 saturated carbocycles. The van der Waals surface area contributed by atoms with Crippen molar-refractivity contribution in [2.45, 2.75) is 18.9 Å². The van der Waals surface area contributed by atoms with E-state index in [2.05, 4.69) is 4.98 Å².